The monoisotopic (exact) mass is 202 g/mol. The summed E-state index contributed by atoms with van der Waals surface area (Å²) in [4.78, 5) is 13.3. The Kier molecular flexibility index (Phi) is 4.06. The maximum atomic E-state index is 11.5. The molecule has 4 heteroatoms. The number of nitrogens with zero attached hydrogens (tertiary/aromatic N) is 1. The van der Waals surface area contributed by atoms with Crippen LogP contribution in [-0.4, -0.2) is 41.9 Å². The van der Waals surface area contributed by atoms with Gasteiger partial charge in [-0.15, -0.1) is 11.8 Å². The zero-order chi connectivity index (χ0) is 9.84. The van der Waals surface area contributed by atoms with Crippen molar-refractivity contribution in [3.05, 3.63) is 0 Å². The number of amides is 1. The molecule has 2 unspecified atom stereocenters. The second-order valence-corrected chi connectivity index (χ2v) is 4.95. The van der Waals surface area contributed by atoms with Gasteiger partial charge < -0.3 is 10.6 Å². The van der Waals surface area contributed by atoms with Crippen LogP contribution in [0.5, 0.6) is 0 Å². The normalized spacial score (nSPS) is 25.3. The fourth-order valence-electron chi connectivity index (χ4n) is 1.29. The summed E-state index contributed by atoms with van der Waals surface area (Å²) in [6.45, 7) is 3.74. The predicted octanol–water partition coefficient (Wildman–Crippen LogP) is 0.545. The number of rotatable bonds is 4. The highest BCUT2D eigenvalue weighted by Gasteiger charge is 2.29. The zero-order valence-electron chi connectivity index (χ0n) is 8.32. The van der Waals surface area contributed by atoms with E-state index >= 15 is 0 Å². The van der Waals surface area contributed by atoms with Gasteiger partial charge in [0.15, 0.2) is 0 Å². The summed E-state index contributed by atoms with van der Waals surface area (Å²) in [6, 6.07) is 0. The van der Waals surface area contributed by atoms with Gasteiger partial charge in [0.25, 0.3) is 0 Å². The standard InChI is InChI=1S/C9H18N2OS/c1-7(5-10)6-13-8-3-4-11(2)9(8)12/h7-8H,3-6,10H2,1-2H3. The molecule has 2 atom stereocenters. The lowest BCUT2D eigenvalue weighted by Crippen LogP contribution is -2.24. The molecule has 1 fully saturated rings. The third-order valence-corrected chi connectivity index (χ3v) is 3.96. The van der Waals surface area contributed by atoms with Gasteiger partial charge >= 0.3 is 0 Å². The number of hydrogen-bond donors (Lipinski definition) is 1. The molecule has 1 aliphatic rings. The molecule has 1 saturated heterocycles. The minimum absolute atomic E-state index is 0.194. The average Bonchev–Trinajstić information content (AvgIpc) is 2.44. The van der Waals surface area contributed by atoms with Crippen molar-refractivity contribution in [2.75, 3.05) is 25.9 Å². The molecule has 0 bridgehead atoms. The van der Waals surface area contributed by atoms with Crippen LogP contribution in [0.25, 0.3) is 0 Å². The van der Waals surface area contributed by atoms with Gasteiger partial charge in [-0.2, -0.15) is 0 Å². The molecule has 1 heterocycles. The molecule has 1 rings (SSSR count). The van der Waals surface area contributed by atoms with E-state index in [1.54, 1.807) is 11.8 Å². The van der Waals surface area contributed by atoms with Gasteiger partial charge in [-0.1, -0.05) is 6.92 Å². The van der Waals surface area contributed by atoms with Crippen molar-refractivity contribution >= 4 is 17.7 Å². The summed E-state index contributed by atoms with van der Waals surface area (Å²) in [5.74, 6) is 1.80. The largest absolute Gasteiger partial charge is 0.345 e. The average molecular weight is 202 g/mol. The number of nitrogens with two attached hydrogens (primary N) is 1. The highest BCUT2D eigenvalue weighted by molar-refractivity contribution is 8.00. The van der Waals surface area contributed by atoms with E-state index in [1.165, 1.54) is 0 Å². The summed E-state index contributed by atoms with van der Waals surface area (Å²) in [6.07, 6.45) is 0.997. The fraction of sp³-hybridized carbons (Fsp3) is 0.889. The molecule has 0 saturated carbocycles. The Bertz CT molecular complexity index is 186. The lowest BCUT2D eigenvalue weighted by molar-refractivity contribution is -0.126. The van der Waals surface area contributed by atoms with Crippen molar-refractivity contribution in [3.8, 4) is 0 Å². The minimum atomic E-state index is 0.194. The first-order chi connectivity index (χ1) is 6.15. The van der Waals surface area contributed by atoms with Crippen LogP contribution in [-0.2, 0) is 4.79 Å². The van der Waals surface area contributed by atoms with Crippen molar-refractivity contribution in [1.82, 2.24) is 4.90 Å². The van der Waals surface area contributed by atoms with Crippen molar-refractivity contribution in [3.63, 3.8) is 0 Å². The molecule has 3 nitrogen and oxygen atoms in total. The molecular weight excluding hydrogens is 184 g/mol. The first-order valence-electron chi connectivity index (χ1n) is 4.71. The van der Waals surface area contributed by atoms with Crippen LogP contribution in [0.15, 0.2) is 0 Å². The third kappa shape index (κ3) is 2.88. The molecule has 1 aliphatic heterocycles. The van der Waals surface area contributed by atoms with Gasteiger partial charge in [-0.05, 0) is 24.6 Å². The zero-order valence-corrected chi connectivity index (χ0v) is 9.14. The summed E-state index contributed by atoms with van der Waals surface area (Å²) < 4.78 is 0. The van der Waals surface area contributed by atoms with Crippen molar-refractivity contribution in [2.24, 2.45) is 11.7 Å². The molecule has 0 radical (unpaired) electrons. The second kappa shape index (κ2) is 4.86. The summed E-state index contributed by atoms with van der Waals surface area (Å²) in [5, 5.41) is 0.194. The van der Waals surface area contributed by atoms with E-state index < -0.39 is 0 Å². The molecule has 0 spiro atoms. The number of hydrogen-bond acceptors (Lipinski definition) is 3. The molecule has 0 aromatic rings. The Morgan fingerprint density at radius 2 is 2.46 bits per heavy atom. The van der Waals surface area contributed by atoms with Crippen molar-refractivity contribution in [1.29, 1.82) is 0 Å². The highest BCUT2D eigenvalue weighted by atomic mass is 32.2. The third-order valence-electron chi connectivity index (χ3n) is 2.36. The Hall–Kier alpha value is -0.220. The van der Waals surface area contributed by atoms with Crippen LogP contribution in [0.2, 0.25) is 0 Å². The minimum Gasteiger partial charge on any atom is -0.345 e. The van der Waals surface area contributed by atoms with Crippen LogP contribution >= 0.6 is 11.8 Å². The van der Waals surface area contributed by atoms with E-state index in [9.17, 15) is 4.79 Å². The van der Waals surface area contributed by atoms with Crippen molar-refractivity contribution < 1.29 is 4.79 Å². The Morgan fingerprint density at radius 3 is 2.92 bits per heavy atom. The molecule has 0 aromatic carbocycles. The number of carbonyl (C=O) groups is 1. The SMILES string of the molecule is CC(CN)CSC1CCN(C)C1=O. The van der Waals surface area contributed by atoms with Gasteiger partial charge in [-0.3, -0.25) is 4.79 Å². The summed E-state index contributed by atoms with van der Waals surface area (Å²) in [7, 11) is 1.87. The first kappa shape index (κ1) is 10.9. The van der Waals surface area contributed by atoms with Crippen LogP contribution in [0, 0.1) is 5.92 Å². The molecule has 0 aromatic heterocycles. The van der Waals surface area contributed by atoms with Gasteiger partial charge in [0, 0.05) is 13.6 Å². The Balaban J connectivity index is 2.26. The highest BCUT2D eigenvalue weighted by Crippen LogP contribution is 2.24. The molecule has 0 aliphatic carbocycles. The molecule has 2 N–H and O–H groups in total. The molecule has 13 heavy (non-hydrogen) atoms. The molecule has 1 amide bonds. The molecule has 76 valence electrons. The van der Waals surface area contributed by atoms with E-state index in [0.29, 0.717) is 12.5 Å². The van der Waals surface area contributed by atoms with Crippen molar-refractivity contribution in [2.45, 2.75) is 18.6 Å². The van der Waals surface area contributed by atoms with E-state index in [0.717, 1.165) is 18.7 Å². The topological polar surface area (TPSA) is 46.3 Å². The Labute approximate surface area is 84.0 Å². The van der Waals surface area contributed by atoms with E-state index in [4.69, 9.17) is 5.73 Å². The van der Waals surface area contributed by atoms with Crippen LogP contribution in [0.4, 0.5) is 0 Å². The maximum Gasteiger partial charge on any atom is 0.235 e. The summed E-state index contributed by atoms with van der Waals surface area (Å²) >= 11 is 1.76. The Morgan fingerprint density at radius 1 is 1.77 bits per heavy atom. The number of carbonyl (C=O) groups excluding carboxylic acids is 1. The van der Waals surface area contributed by atoms with Crippen LogP contribution in [0.3, 0.4) is 0 Å². The lowest BCUT2D eigenvalue weighted by atomic mass is 10.2. The summed E-state index contributed by atoms with van der Waals surface area (Å²) in [5.41, 5.74) is 5.51. The maximum absolute atomic E-state index is 11.5. The van der Waals surface area contributed by atoms with Gasteiger partial charge in [0.2, 0.25) is 5.91 Å². The van der Waals surface area contributed by atoms with E-state index in [2.05, 4.69) is 6.92 Å². The van der Waals surface area contributed by atoms with E-state index in [1.807, 2.05) is 11.9 Å². The van der Waals surface area contributed by atoms with Gasteiger partial charge in [-0.25, -0.2) is 0 Å². The second-order valence-electron chi connectivity index (χ2n) is 3.71. The van der Waals surface area contributed by atoms with Gasteiger partial charge in [0.1, 0.15) is 0 Å². The molecular formula is C9H18N2OS. The quantitative estimate of drug-likeness (QED) is 0.724. The van der Waals surface area contributed by atoms with E-state index in [-0.39, 0.29) is 11.2 Å². The number of thioether (sulfide) groups is 1. The van der Waals surface area contributed by atoms with Crippen LogP contribution in [0.1, 0.15) is 13.3 Å². The predicted molar refractivity (Wildman–Crippen MR) is 56.7 cm³/mol. The fourth-order valence-corrected chi connectivity index (χ4v) is 2.58. The number of likely N-dealkylation sites (tertiary alicyclic amines) is 1. The smallest absolute Gasteiger partial charge is 0.235 e. The first-order valence-corrected chi connectivity index (χ1v) is 5.76. The lowest BCUT2D eigenvalue weighted by Gasteiger charge is -2.12. The van der Waals surface area contributed by atoms with Crippen LogP contribution < -0.4 is 5.73 Å². The van der Waals surface area contributed by atoms with Gasteiger partial charge in [0.05, 0.1) is 5.25 Å².